The standard InChI is InChI=1S/C49H90NO9P/c1-3-5-7-9-11-13-14-15-16-17-18-19-20-21-22-23-24-26-28-30-35-39-48(51)55-43-45(44-57-60(53,54)56-42-41-50)58-49(52)40-36-32-31-34-38-47-46(59-47)37-33-29-27-25-12-10-8-6-4-2/h12,25,29,31,33-34,45-47H,3-11,13-24,26-28,30,32,35-44,50H2,1-2H3,(H,53,54)/b25-12-,33-29-,34-31-/t45-,46?,47?/m1/s1. The van der Waals surface area contributed by atoms with Crippen molar-refractivity contribution in [1.29, 1.82) is 0 Å². The minimum absolute atomic E-state index is 0.0425. The number of epoxide rings is 1. The number of phosphoric acid groups is 1. The molecule has 60 heavy (non-hydrogen) atoms. The molecule has 1 heterocycles. The average Bonchev–Trinajstić information content (AvgIpc) is 3.99. The SMILES string of the molecule is CCCCC/C=C\C/C=C\CC1OC1C/C=C\CCCC(=O)O[C@H](COC(=O)CCCCCCCCCCCCCCCCCCCCCCC)COP(=O)(O)OCCN. The quantitative estimate of drug-likeness (QED) is 0.0199. The zero-order valence-electron chi connectivity index (χ0n) is 38.4. The van der Waals surface area contributed by atoms with E-state index < -0.39 is 32.5 Å². The zero-order valence-corrected chi connectivity index (χ0v) is 39.3. The summed E-state index contributed by atoms with van der Waals surface area (Å²) in [7, 11) is -4.40. The number of nitrogens with two attached hydrogens (primary N) is 1. The highest BCUT2D eigenvalue weighted by atomic mass is 31.2. The summed E-state index contributed by atoms with van der Waals surface area (Å²) in [6.45, 7) is 3.65. The lowest BCUT2D eigenvalue weighted by Gasteiger charge is -2.19. The number of unbranched alkanes of at least 4 members (excludes halogenated alkanes) is 24. The molecule has 0 amide bonds. The Kier molecular flexibility index (Phi) is 38.6. The highest BCUT2D eigenvalue weighted by Gasteiger charge is 2.36. The van der Waals surface area contributed by atoms with Crippen LogP contribution in [0.5, 0.6) is 0 Å². The molecule has 3 unspecified atom stereocenters. The van der Waals surface area contributed by atoms with Gasteiger partial charge in [0.2, 0.25) is 0 Å². The van der Waals surface area contributed by atoms with Crippen LogP contribution >= 0.6 is 7.82 Å². The van der Waals surface area contributed by atoms with Crippen molar-refractivity contribution in [2.24, 2.45) is 5.73 Å². The Hall–Kier alpha value is -1.81. The highest BCUT2D eigenvalue weighted by Crippen LogP contribution is 2.43. The molecule has 1 fully saturated rings. The molecule has 0 aromatic heterocycles. The van der Waals surface area contributed by atoms with Crippen molar-refractivity contribution in [2.45, 2.75) is 238 Å². The molecule has 0 bridgehead atoms. The molecule has 1 aliphatic heterocycles. The fraction of sp³-hybridized carbons (Fsp3) is 0.837. The van der Waals surface area contributed by atoms with Gasteiger partial charge in [-0.15, -0.1) is 0 Å². The van der Waals surface area contributed by atoms with Gasteiger partial charge in [0.25, 0.3) is 0 Å². The van der Waals surface area contributed by atoms with E-state index in [4.69, 9.17) is 29.0 Å². The van der Waals surface area contributed by atoms with Crippen LogP contribution in [0.1, 0.15) is 219 Å². The highest BCUT2D eigenvalue weighted by molar-refractivity contribution is 7.47. The first-order valence-corrected chi connectivity index (χ1v) is 26.1. The van der Waals surface area contributed by atoms with Gasteiger partial charge in [-0.25, -0.2) is 4.57 Å². The van der Waals surface area contributed by atoms with Gasteiger partial charge < -0.3 is 24.8 Å². The van der Waals surface area contributed by atoms with Crippen LogP contribution in [0.15, 0.2) is 36.5 Å². The molecule has 1 aliphatic rings. The molecule has 0 aliphatic carbocycles. The number of phosphoric ester groups is 1. The van der Waals surface area contributed by atoms with Crippen LogP contribution in [0.2, 0.25) is 0 Å². The van der Waals surface area contributed by atoms with Crippen molar-refractivity contribution in [2.75, 3.05) is 26.4 Å². The number of esters is 2. The molecule has 3 N–H and O–H groups in total. The number of carbonyl (C=O) groups is 2. The zero-order chi connectivity index (χ0) is 43.6. The van der Waals surface area contributed by atoms with Crippen LogP contribution in [0.4, 0.5) is 0 Å². The molecule has 0 spiro atoms. The van der Waals surface area contributed by atoms with E-state index in [0.29, 0.717) is 12.8 Å². The lowest BCUT2D eigenvalue weighted by Crippen LogP contribution is -2.29. The molecule has 1 rings (SSSR count). The molecule has 10 nitrogen and oxygen atoms in total. The second-order valence-electron chi connectivity index (χ2n) is 16.7. The maximum Gasteiger partial charge on any atom is 0.472 e. The molecular weight excluding hydrogens is 778 g/mol. The largest absolute Gasteiger partial charge is 0.472 e. The van der Waals surface area contributed by atoms with Crippen LogP contribution in [-0.2, 0) is 37.4 Å². The second kappa shape index (κ2) is 41.2. The minimum atomic E-state index is -4.40. The predicted octanol–water partition coefficient (Wildman–Crippen LogP) is 13.5. The number of ether oxygens (including phenoxy) is 3. The van der Waals surface area contributed by atoms with Gasteiger partial charge in [-0.2, -0.15) is 0 Å². The summed E-state index contributed by atoms with van der Waals surface area (Å²) >= 11 is 0. The molecular formula is C49H90NO9P. The third kappa shape index (κ3) is 37.9. The Bertz CT molecular complexity index is 1150. The van der Waals surface area contributed by atoms with Gasteiger partial charge in [0.15, 0.2) is 6.10 Å². The first kappa shape index (κ1) is 56.2. The Morgan fingerprint density at radius 3 is 1.58 bits per heavy atom. The van der Waals surface area contributed by atoms with Gasteiger partial charge >= 0.3 is 19.8 Å². The summed E-state index contributed by atoms with van der Waals surface area (Å²) in [4.78, 5) is 35.0. The summed E-state index contributed by atoms with van der Waals surface area (Å²) in [5.41, 5.74) is 5.36. The van der Waals surface area contributed by atoms with Gasteiger partial charge in [0, 0.05) is 19.4 Å². The van der Waals surface area contributed by atoms with Gasteiger partial charge in [0.05, 0.1) is 25.4 Å². The smallest absolute Gasteiger partial charge is 0.462 e. The summed E-state index contributed by atoms with van der Waals surface area (Å²) in [5, 5.41) is 0. The van der Waals surface area contributed by atoms with Gasteiger partial charge in [-0.05, 0) is 51.4 Å². The van der Waals surface area contributed by atoms with Crippen molar-refractivity contribution in [3.05, 3.63) is 36.5 Å². The number of hydrogen-bond acceptors (Lipinski definition) is 9. The molecule has 0 saturated carbocycles. The van der Waals surface area contributed by atoms with Crippen molar-refractivity contribution in [3.63, 3.8) is 0 Å². The van der Waals surface area contributed by atoms with Crippen molar-refractivity contribution in [3.8, 4) is 0 Å². The monoisotopic (exact) mass is 868 g/mol. The predicted molar refractivity (Wildman–Crippen MR) is 247 cm³/mol. The van der Waals surface area contributed by atoms with E-state index in [2.05, 4.69) is 44.2 Å². The molecule has 11 heteroatoms. The lowest BCUT2D eigenvalue weighted by atomic mass is 10.0. The summed E-state index contributed by atoms with van der Waals surface area (Å²) in [6, 6.07) is 0. The minimum Gasteiger partial charge on any atom is -0.462 e. The van der Waals surface area contributed by atoms with Gasteiger partial charge in [0.1, 0.15) is 6.61 Å². The topological polar surface area (TPSA) is 147 Å². The number of rotatable bonds is 45. The fourth-order valence-electron chi connectivity index (χ4n) is 7.14. The van der Waals surface area contributed by atoms with E-state index in [1.165, 1.54) is 135 Å². The van der Waals surface area contributed by atoms with Crippen LogP contribution in [-0.4, -0.2) is 61.5 Å². The third-order valence-electron chi connectivity index (χ3n) is 10.9. The van der Waals surface area contributed by atoms with Crippen LogP contribution in [0.25, 0.3) is 0 Å². The molecule has 4 atom stereocenters. The van der Waals surface area contributed by atoms with Crippen LogP contribution in [0.3, 0.4) is 0 Å². The maximum absolute atomic E-state index is 12.6. The van der Waals surface area contributed by atoms with Gasteiger partial charge in [-0.3, -0.25) is 18.6 Å². The van der Waals surface area contributed by atoms with Crippen molar-refractivity contribution >= 4 is 19.8 Å². The molecule has 0 radical (unpaired) electrons. The summed E-state index contributed by atoms with van der Waals surface area (Å²) in [5.74, 6) is -0.894. The van der Waals surface area contributed by atoms with Crippen molar-refractivity contribution in [1.82, 2.24) is 0 Å². The van der Waals surface area contributed by atoms with E-state index in [1.54, 1.807) is 0 Å². The molecule has 0 aromatic carbocycles. The first-order valence-electron chi connectivity index (χ1n) is 24.6. The fourth-order valence-corrected chi connectivity index (χ4v) is 7.91. The van der Waals surface area contributed by atoms with Crippen LogP contribution < -0.4 is 5.73 Å². The number of carbonyl (C=O) groups excluding carboxylic acids is 2. The van der Waals surface area contributed by atoms with E-state index >= 15 is 0 Å². The summed E-state index contributed by atoms with van der Waals surface area (Å²) < 4.78 is 38.6. The lowest BCUT2D eigenvalue weighted by molar-refractivity contribution is -0.161. The number of allylic oxidation sites excluding steroid dienone is 4. The van der Waals surface area contributed by atoms with Gasteiger partial charge in [-0.1, -0.05) is 192 Å². The Morgan fingerprint density at radius 1 is 0.583 bits per heavy atom. The third-order valence-corrected chi connectivity index (χ3v) is 11.9. The molecule has 1 saturated heterocycles. The summed E-state index contributed by atoms with van der Waals surface area (Å²) in [6.07, 6.45) is 49.3. The maximum atomic E-state index is 12.6. The number of hydrogen-bond donors (Lipinski definition) is 2. The Balaban J connectivity index is 2.15. The second-order valence-corrected chi connectivity index (χ2v) is 18.2. The molecule has 350 valence electrons. The van der Waals surface area contributed by atoms with E-state index in [1.807, 2.05) is 6.08 Å². The van der Waals surface area contributed by atoms with E-state index in [0.717, 1.165) is 44.9 Å². The van der Waals surface area contributed by atoms with Crippen molar-refractivity contribution < 1.29 is 42.3 Å². The Labute approximate surface area is 367 Å². The normalized spacial score (nSPS) is 16.9. The first-order chi connectivity index (χ1) is 29.3. The van der Waals surface area contributed by atoms with E-state index in [-0.39, 0.29) is 44.8 Å². The molecule has 0 aromatic rings. The average molecular weight is 868 g/mol. The van der Waals surface area contributed by atoms with E-state index in [9.17, 15) is 19.0 Å². The van der Waals surface area contributed by atoms with Crippen LogP contribution in [0, 0.1) is 0 Å². The Morgan fingerprint density at radius 2 is 1.03 bits per heavy atom.